The smallest absolute Gasteiger partial charge is 0.234 e. The lowest BCUT2D eigenvalue weighted by molar-refractivity contribution is -0.127. The van der Waals surface area contributed by atoms with Crippen LogP contribution in [0.3, 0.4) is 0 Å². The van der Waals surface area contributed by atoms with Crippen LogP contribution in [0.4, 0.5) is 0 Å². The first-order valence-corrected chi connectivity index (χ1v) is 6.77. The highest BCUT2D eigenvalue weighted by atomic mass is 35.5. The van der Waals surface area contributed by atoms with E-state index in [2.05, 4.69) is 10.5 Å². The molecule has 0 saturated heterocycles. The van der Waals surface area contributed by atoms with Crippen molar-refractivity contribution in [3.63, 3.8) is 0 Å². The molecule has 0 saturated carbocycles. The Morgan fingerprint density at radius 1 is 1.60 bits per heavy atom. The third-order valence-electron chi connectivity index (χ3n) is 3.58. The highest BCUT2D eigenvalue weighted by Gasteiger charge is 2.37. The van der Waals surface area contributed by atoms with E-state index >= 15 is 0 Å². The second kappa shape index (κ2) is 6.61. The van der Waals surface area contributed by atoms with Gasteiger partial charge >= 0.3 is 0 Å². The summed E-state index contributed by atoms with van der Waals surface area (Å²) < 4.78 is 0. The number of amidine groups is 1. The number of hydrogen-bond acceptors (Lipinski definition) is 3. The van der Waals surface area contributed by atoms with Crippen molar-refractivity contribution < 1.29 is 10.0 Å². The highest BCUT2D eigenvalue weighted by Crippen LogP contribution is 2.24. The van der Waals surface area contributed by atoms with Gasteiger partial charge in [0.05, 0.1) is 6.04 Å². The molecule has 2 unspecified atom stereocenters. The molecule has 0 heterocycles. The van der Waals surface area contributed by atoms with Crippen molar-refractivity contribution in [3.8, 4) is 0 Å². The molecule has 1 rings (SSSR count). The van der Waals surface area contributed by atoms with Crippen molar-refractivity contribution in [3.05, 3.63) is 34.9 Å². The van der Waals surface area contributed by atoms with Crippen LogP contribution in [0.2, 0.25) is 5.02 Å². The van der Waals surface area contributed by atoms with Gasteiger partial charge in [0.15, 0.2) is 5.84 Å². The monoisotopic (exact) mass is 297 g/mol. The molecule has 5 nitrogen and oxygen atoms in total. The zero-order valence-corrected chi connectivity index (χ0v) is 12.6. The van der Waals surface area contributed by atoms with E-state index in [1.165, 1.54) is 0 Å². The standard InChI is InChI=1S/C14H20ClN3O2/c1-4-14(3,12(16)18-20)13(19)17-9(2)10-6-5-7-11(15)8-10/h5-9,20H,4H2,1-3H3,(H2,16,18)(H,17,19). The molecule has 1 aromatic rings. The van der Waals surface area contributed by atoms with Crippen LogP contribution in [0.25, 0.3) is 0 Å². The maximum atomic E-state index is 12.3. The SMILES string of the molecule is CCC(C)(C(=O)NC(C)c1cccc(Cl)c1)/C(N)=N/O. The molecule has 0 aromatic heterocycles. The Balaban J connectivity index is 2.89. The van der Waals surface area contributed by atoms with Crippen LogP contribution in [0.15, 0.2) is 29.4 Å². The molecular weight excluding hydrogens is 278 g/mol. The van der Waals surface area contributed by atoms with Crippen molar-refractivity contribution in [2.75, 3.05) is 0 Å². The number of amides is 1. The van der Waals surface area contributed by atoms with E-state index in [0.29, 0.717) is 11.4 Å². The highest BCUT2D eigenvalue weighted by molar-refractivity contribution is 6.30. The number of nitrogens with zero attached hydrogens (tertiary/aromatic N) is 1. The number of nitrogens with one attached hydrogen (secondary N) is 1. The van der Waals surface area contributed by atoms with Gasteiger partial charge in [-0.05, 0) is 38.0 Å². The van der Waals surface area contributed by atoms with Crippen LogP contribution in [-0.2, 0) is 4.79 Å². The second-order valence-corrected chi connectivity index (χ2v) is 5.36. The minimum atomic E-state index is -1.04. The Labute approximate surface area is 123 Å². The van der Waals surface area contributed by atoms with Gasteiger partial charge in [-0.3, -0.25) is 4.79 Å². The lowest BCUT2D eigenvalue weighted by atomic mass is 9.84. The van der Waals surface area contributed by atoms with Crippen molar-refractivity contribution in [1.29, 1.82) is 0 Å². The number of rotatable bonds is 5. The molecule has 20 heavy (non-hydrogen) atoms. The zero-order chi connectivity index (χ0) is 15.3. The van der Waals surface area contributed by atoms with Crippen LogP contribution < -0.4 is 11.1 Å². The molecule has 4 N–H and O–H groups in total. The van der Waals surface area contributed by atoms with E-state index in [9.17, 15) is 4.79 Å². The summed E-state index contributed by atoms with van der Waals surface area (Å²) in [5, 5.41) is 15.2. The first kappa shape index (κ1) is 16.3. The summed E-state index contributed by atoms with van der Waals surface area (Å²) in [5.74, 6) is -0.390. The predicted molar refractivity (Wildman–Crippen MR) is 79.8 cm³/mol. The normalized spacial score (nSPS) is 16.3. The Morgan fingerprint density at radius 2 is 2.25 bits per heavy atom. The van der Waals surface area contributed by atoms with E-state index in [4.69, 9.17) is 22.5 Å². The first-order chi connectivity index (χ1) is 9.35. The van der Waals surface area contributed by atoms with Crippen LogP contribution in [0, 0.1) is 5.41 Å². The van der Waals surface area contributed by atoms with Gasteiger partial charge in [0.25, 0.3) is 0 Å². The minimum Gasteiger partial charge on any atom is -0.409 e. The topological polar surface area (TPSA) is 87.7 Å². The molecule has 0 bridgehead atoms. The largest absolute Gasteiger partial charge is 0.409 e. The Kier molecular flexibility index (Phi) is 5.39. The lowest BCUT2D eigenvalue weighted by Crippen LogP contribution is -2.48. The van der Waals surface area contributed by atoms with E-state index in [0.717, 1.165) is 5.56 Å². The summed E-state index contributed by atoms with van der Waals surface area (Å²) in [6, 6.07) is 7.04. The molecule has 6 heteroatoms. The second-order valence-electron chi connectivity index (χ2n) is 4.92. The minimum absolute atomic E-state index is 0.101. The summed E-state index contributed by atoms with van der Waals surface area (Å²) in [6.07, 6.45) is 0.428. The van der Waals surface area contributed by atoms with Crippen molar-refractivity contribution in [1.82, 2.24) is 5.32 Å². The predicted octanol–water partition coefficient (Wildman–Crippen LogP) is 2.68. The summed E-state index contributed by atoms with van der Waals surface area (Å²) >= 11 is 5.93. The molecule has 0 aliphatic rings. The molecule has 0 fully saturated rings. The zero-order valence-electron chi connectivity index (χ0n) is 11.9. The summed E-state index contributed by atoms with van der Waals surface area (Å²) in [6.45, 7) is 5.30. The number of carbonyl (C=O) groups is 1. The number of carbonyl (C=O) groups excluding carboxylic acids is 1. The lowest BCUT2D eigenvalue weighted by Gasteiger charge is -2.27. The molecule has 0 aliphatic carbocycles. The summed E-state index contributed by atoms with van der Waals surface area (Å²) in [7, 11) is 0. The Morgan fingerprint density at radius 3 is 2.75 bits per heavy atom. The van der Waals surface area contributed by atoms with Gasteiger partial charge in [-0.1, -0.05) is 35.8 Å². The quantitative estimate of drug-likeness (QED) is 0.338. The fraction of sp³-hybridized carbons (Fsp3) is 0.429. The number of oxime groups is 1. The third-order valence-corrected chi connectivity index (χ3v) is 3.81. The van der Waals surface area contributed by atoms with Gasteiger partial charge in [0, 0.05) is 5.02 Å². The molecule has 0 radical (unpaired) electrons. The average molecular weight is 298 g/mol. The van der Waals surface area contributed by atoms with Crippen molar-refractivity contribution in [2.24, 2.45) is 16.3 Å². The van der Waals surface area contributed by atoms with Crippen LogP contribution >= 0.6 is 11.6 Å². The molecule has 2 atom stereocenters. The fourth-order valence-corrected chi connectivity index (χ4v) is 1.98. The van der Waals surface area contributed by atoms with E-state index in [1.54, 1.807) is 19.1 Å². The summed E-state index contributed by atoms with van der Waals surface area (Å²) in [4.78, 5) is 12.3. The molecule has 1 amide bonds. The van der Waals surface area contributed by atoms with Gasteiger partial charge in [-0.15, -0.1) is 0 Å². The molecule has 0 aliphatic heterocycles. The van der Waals surface area contributed by atoms with Crippen LogP contribution in [0.5, 0.6) is 0 Å². The molecule has 1 aromatic carbocycles. The van der Waals surface area contributed by atoms with Crippen molar-refractivity contribution >= 4 is 23.3 Å². The van der Waals surface area contributed by atoms with Crippen molar-refractivity contribution in [2.45, 2.75) is 33.2 Å². The molecular formula is C14H20ClN3O2. The van der Waals surface area contributed by atoms with E-state index < -0.39 is 5.41 Å². The number of nitrogens with two attached hydrogens (primary N) is 1. The van der Waals surface area contributed by atoms with Gasteiger partial charge in [0.1, 0.15) is 5.41 Å². The fourth-order valence-electron chi connectivity index (χ4n) is 1.78. The van der Waals surface area contributed by atoms with Gasteiger partial charge < -0.3 is 16.3 Å². The number of benzene rings is 1. The van der Waals surface area contributed by atoms with Gasteiger partial charge in [-0.25, -0.2) is 0 Å². The maximum absolute atomic E-state index is 12.3. The average Bonchev–Trinajstić information content (AvgIpc) is 2.45. The molecule has 110 valence electrons. The summed E-state index contributed by atoms with van der Waals surface area (Å²) in [5.41, 5.74) is 5.47. The maximum Gasteiger partial charge on any atom is 0.234 e. The molecule has 0 spiro atoms. The number of halogens is 1. The number of hydrogen-bond donors (Lipinski definition) is 3. The third kappa shape index (κ3) is 3.42. The Bertz CT molecular complexity index is 519. The Hall–Kier alpha value is -1.75. The van der Waals surface area contributed by atoms with E-state index in [-0.39, 0.29) is 17.8 Å². The van der Waals surface area contributed by atoms with Crippen LogP contribution in [-0.4, -0.2) is 17.0 Å². The van der Waals surface area contributed by atoms with Gasteiger partial charge in [0.2, 0.25) is 5.91 Å². The van der Waals surface area contributed by atoms with Crippen LogP contribution in [0.1, 0.15) is 38.8 Å². The van der Waals surface area contributed by atoms with Gasteiger partial charge in [-0.2, -0.15) is 0 Å². The first-order valence-electron chi connectivity index (χ1n) is 6.39. The van der Waals surface area contributed by atoms with E-state index in [1.807, 2.05) is 26.0 Å².